The average molecular weight is 294 g/mol. The highest BCUT2D eigenvalue weighted by molar-refractivity contribution is 7.14. The molecule has 3 N–H and O–H groups in total. The summed E-state index contributed by atoms with van der Waals surface area (Å²) in [4.78, 5) is 27.0. The van der Waals surface area contributed by atoms with Gasteiger partial charge < -0.3 is 10.1 Å². The zero-order valence-electron chi connectivity index (χ0n) is 10.6. The molecule has 1 amide bonds. The molecule has 2 aromatic rings. The molecule has 0 bridgehead atoms. The van der Waals surface area contributed by atoms with Gasteiger partial charge in [-0.25, -0.2) is 9.89 Å². The molecule has 1 saturated heterocycles. The predicted molar refractivity (Wildman–Crippen MR) is 72.6 cm³/mol. The predicted octanol–water partition coefficient (Wildman–Crippen LogP) is 0.941. The first kappa shape index (κ1) is 13.1. The lowest BCUT2D eigenvalue weighted by Crippen LogP contribution is -2.22. The van der Waals surface area contributed by atoms with E-state index in [0.29, 0.717) is 10.7 Å². The summed E-state index contributed by atoms with van der Waals surface area (Å²) in [5.74, 6) is 0.224. The second-order valence-corrected chi connectivity index (χ2v) is 5.63. The van der Waals surface area contributed by atoms with Gasteiger partial charge in [-0.05, 0) is 25.0 Å². The van der Waals surface area contributed by atoms with Crippen LogP contribution >= 0.6 is 11.3 Å². The molecule has 2 aromatic heterocycles. The van der Waals surface area contributed by atoms with Gasteiger partial charge in [0.05, 0.1) is 17.5 Å². The van der Waals surface area contributed by atoms with Gasteiger partial charge in [-0.2, -0.15) is 5.10 Å². The van der Waals surface area contributed by atoms with Gasteiger partial charge in [0.2, 0.25) is 0 Å². The molecule has 106 valence electrons. The van der Waals surface area contributed by atoms with Crippen LogP contribution in [0.1, 0.15) is 39.3 Å². The van der Waals surface area contributed by atoms with Gasteiger partial charge in [0.15, 0.2) is 0 Å². The molecule has 1 aliphatic rings. The van der Waals surface area contributed by atoms with Crippen molar-refractivity contribution in [2.24, 2.45) is 0 Å². The Morgan fingerprint density at radius 3 is 3.15 bits per heavy atom. The molecule has 1 aliphatic heterocycles. The van der Waals surface area contributed by atoms with Gasteiger partial charge in [0.1, 0.15) is 5.82 Å². The minimum Gasteiger partial charge on any atom is -0.373 e. The molecule has 7 nitrogen and oxygen atoms in total. The molecule has 20 heavy (non-hydrogen) atoms. The van der Waals surface area contributed by atoms with E-state index in [1.807, 2.05) is 6.07 Å². The van der Waals surface area contributed by atoms with Crippen LogP contribution in [0.15, 0.2) is 16.9 Å². The Morgan fingerprint density at radius 2 is 2.45 bits per heavy atom. The highest BCUT2D eigenvalue weighted by atomic mass is 32.1. The number of aromatic amines is 2. The lowest BCUT2D eigenvalue weighted by atomic mass is 10.2. The number of H-pyrrole nitrogens is 2. The first-order valence-corrected chi connectivity index (χ1v) is 7.17. The number of carbonyl (C=O) groups excluding carboxylic acids is 1. The molecule has 0 unspecified atom stereocenters. The molecule has 0 saturated carbocycles. The number of nitrogens with one attached hydrogen (secondary N) is 3. The van der Waals surface area contributed by atoms with Crippen molar-refractivity contribution in [3.63, 3.8) is 0 Å². The largest absolute Gasteiger partial charge is 0.373 e. The highest BCUT2D eigenvalue weighted by Crippen LogP contribution is 2.33. The van der Waals surface area contributed by atoms with E-state index in [0.717, 1.165) is 24.3 Å². The molecule has 0 aromatic carbocycles. The Hall–Kier alpha value is -1.93. The average Bonchev–Trinajstić information content (AvgIpc) is 3.16. The minimum absolute atomic E-state index is 0.129. The standard InChI is InChI=1S/C12H14N4O3S/c17-11(13-6-10-14-12(18)16-15-10)9-4-3-8(20-9)7-2-1-5-19-7/h3-4,7H,1-2,5-6H2,(H,13,17)(H2,14,15,16,18)/t7-/m0/s1. The summed E-state index contributed by atoms with van der Waals surface area (Å²) in [7, 11) is 0. The van der Waals surface area contributed by atoms with E-state index in [1.54, 1.807) is 6.07 Å². The van der Waals surface area contributed by atoms with Crippen LogP contribution in [0, 0.1) is 0 Å². The summed E-state index contributed by atoms with van der Waals surface area (Å²) in [6, 6.07) is 3.73. The van der Waals surface area contributed by atoms with Gasteiger partial charge >= 0.3 is 5.69 Å². The van der Waals surface area contributed by atoms with Gasteiger partial charge in [-0.3, -0.25) is 9.78 Å². The van der Waals surface area contributed by atoms with Crippen LogP contribution < -0.4 is 11.0 Å². The molecule has 0 radical (unpaired) electrons. The maximum atomic E-state index is 12.0. The maximum Gasteiger partial charge on any atom is 0.340 e. The van der Waals surface area contributed by atoms with Crippen LogP contribution in [0.3, 0.4) is 0 Å². The van der Waals surface area contributed by atoms with E-state index in [4.69, 9.17) is 4.74 Å². The van der Waals surface area contributed by atoms with Crippen molar-refractivity contribution in [3.8, 4) is 0 Å². The van der Waals surface area contributed by atoms with Crippen molar-refractivity contribution in [1.29, 1.82) is 0 Å². The number of nitrogens with zero attached hydrogens (tertiary/aromatic N) is 1. The Kier molecular flexibility index (Phi) is 3.66. The quantitative estimate of drug-likeness (QED) is 0.781. The van der Waals surface area contributed by atoms with Crippen molar-refractivity contribution >= 4 is 17.2 Å². The van der Waals surface area contributed by atoms with Crippen LogP contribution in [-0.4, -0.2) is 27.7 Å². The van der Waals surface area contributed by atoms with E-state index in [9.17, 15) is 9.59 Å². The summed E-state index contributed by atoms with van der Waals surface area (Å²) in [6.45, 7) is 0.974. The highest BCUT2D eigenvalue weighted by Gasteiger charge is 2.20. The number of ether oxygens (including phenoxy) is 1. The Morgan fingerprint density at radius 1 is 1.55 bits per heavy atom. The molecule has 1 fully saturated rings. The number of rotatable bonds is 4. The molecule has 8 heteroatoms. The number of carbonyl (C=O) groups is 1. The lowest BCUT2D eigenvalue weighted by molar-refractivity contribution is 0.0954. The second-order valence-electron chi connectivity index (χ2n) is 4.51. The van der Waals surface area contributed by atoms with Crippen molar-refractivity contribution in [2.45, 2.75) is 25.5 Å². The number of thiophene rings is 1. The van der Waals surface area contributed by atoms with E-state index in [1.165, 1.54) is 11.3 Å². The van der Waals surface area contributed by atoms with Crippen LogP contribution in [-0.2, 0) is 11.3 Å². The molecule has 3 heterocycles. The van der Waals surface area contributed by atoms with Gasteiger partial charge in [0, 0.05) is 11.5 Å². The van der Waals surface area contributed by atoms with Crippen molar-refractivity contribution in [2.75, 3.05) is 6.61 Å². The van der Waals surface area contributed by atoms with Gasteiger partial charge in [0.25, 0.3) is 5.91 Å². The fourth-order valence-electron chi connectivity index (χ4n) is 2.09. The first-order valence-electron chi connectivity index (χ1n) is 6.35. The van der Waals surface area contributed by atoms with Gasteiger partial charge in [-0.15, -0.1) is 11.3 Å². The molecule has 1 atom stereocenters. The molecule has 0 aliphatic carbocycles. The Balaban J connectivity index is 1.60. The lowest BCUT2D eigenvalue weighted by Gasteiger charge is -2.05. The van der Waals surface area contributed by atoms with E-state index in [-0.39, 0.29) is 24.2 Å². The summed E-state index contributed by atoms with van der Waals surface area (Å²) >= 11 is 1.44. The van der Waals surface area contributed by atoms with Crippen LogP contribution in [0.25, 0.3) is 0 Å². The molecular formula is C12H14N4O3S. The minimum atomic E-state index is -0.383. The fraction of sp³-hybridized carbons (Fsp3) is 0.417. The zero-order valence-corrected chi connectivity index (χ0v) is 11.5. The van der Waals surface area contributed by atoms with Crippen molar-refractivity contribution < 1.29 is 9.53 Å². The van der Waals surface area contributed by atoms with E-state index in [2.05, 4.69) is 20.5 Å². The van der Waals surface area contributed by atoms with Crippen molar-refractivity contribution in [3.05, 3.63) is 38.2 Å². The van der Waals surface area contributed by atoms with Crippen LogP contribution in [0.5, 0.6) is 0 Å². The summed E-state index contributed by atoms with van der Waals surface area (Å²) in [5, 5.41) is 8.68. The summed E-state index contributed by atoms with van der Waals surface area (Å²) < 4.78 is 5.59. The third-order valence-electron chi connectivity index (χ3n) is 3.06. The maximum absolute atomic E-state index is 12.0. The van der Waals surface area contributed by atoms with Gasteiger partial charge in [-0.1, -0.05) is 0 Å². The number of hydrogen-bond acceptors (Lipinski definition) is 5. The smallest absolute Gasteiger partial charge is 0.340 e. The van der Waals surface area contributed by atoms with Crippen molar-refractivity contribution in [1.82, 2.24) is 20.5 Å². The summed E-state index contributed by atoms with van der Waals surface area (Å²) in [5.41, 5.74) is -0.383. The Labute approximate surface area is 118 Å². The third kappa shape index (κ3) is 2.81. The normalized spacial score (nSPS) is 18.3. The zero-order chi connectivity index (χ0) is 13.9. The van der Waals surface area contributed by atoms with E-state index < -0.39 is 0 Å². The number of hydrogen-bond donors (Lipinski definition) is 3. The first-order chi connectivity index (χ1) is 9.72. The number of amides is 1. The second kappa shape index (κ2) is 5.59. The third-order valence-corrected chi connectivity index (χ3v) is 4.24. The van der Waals surface area contributed by atoms with E-state index >= 15 is 0 Å². The topological polar surface area (TPSA) is 99.9 Å². The monoisotopic (exact) mass is 294 g/mol. The summed E-state index contributed by atoms with van der Waals surface area (Å²) in [6.07, 6.45) is 2.21. The fourth-order valence-corrected chi connectivity index (χ4v) is 3.10. The Bertz CT molecular complexity index is 653. The molecular weight excluding hydrogens is 280 g/mol. The number of aromatic nitrogens is 3. The van der Waals surface area contributed by atoms with Crippen LogP contribution in [0.2, 0.25) is 0 Å². The van der Waals surface area contributed by atoms with Crippen LogP contribution in [0.4, 0.5) is 0 Å². The molecule has 0 spiro atoms. The molecule has 3 rings (SSSR count). The SMILES string of the molecule is O=C(NCc1n[nH]c(=O)[nH]1)c1ccc([C@@H]2CCCO2)s1.